The molecule has 96 valence electrons. The van der Waals surface area contributed by atoms with Crippen LogP contribution in [0.15, 0.2) is 30.6 Å². The molecule has 0 saturated heterocycles. The van der Waals surface area contributed by atoms with Crippen molar-refractivity contribution in [2.24, 2.45) is 5.73 Å². The van der Waals surface area contributed by atoms with Crippen molar-refractivity contribution in [2.45, 2.75) is 32.9 Å². The number of benzene rings is 1. The first kappa shape index (κ1) is 13.1. The van der Waals surface area contributed by atoms with E-state index in [1.54, 1.807) is 0 Å². The van der Waals surface area contributed by atoms with Crippen LogP contribution in [-0.2, 0) is 13.0 Å². The average molecular weight is 264 g/mol. The minimum Gasteiger partial charge on any atom is -0.324 e. The third-order valence-corrected chi connectivity index (χ3v) is 3.35. The lowest BCUT2D eigenvalue weighted by Gasteiger charge is -2.13. The summed E-state index contributed by atoms with van der Waals surface area (Å²) in [6, 6.07) is 5.91. The lowest BCUT2D eigenvalue weighted by Crippen LogP contribution is -2.13. The van der Waals surface area contributed by atoms with Crippen molar-refractivity contribution in [3.8, 4) is 0 Å². The zero-order valence-electron chi connectivity index (χ0n) is 10.7. The second-order valence-electron chi connectivity index (χ2n) is 4.54. The highest BCUT2D eigenvalue weighted by Crippen LogP contribution is 2.25. The normalized spacial score (nSPS) is 12.7. The van der Waals surface area contributed by atoms with E-state index in [-0.39, 0.29) is 6.04 Å². The standard InChI is InChI=1S/C14H18ClN3/c1-3-18-9-11(8-17-18)7-14(16)12-5-4-10(2)6-13(12)15/h4-6,8-9,14H,3,7,16H2,1-2H3. The molecule has 1 heterocycles. The molecular formula is C14H18ClN3. The molecule has 1 unspecified atom stereocenters. The van der Waals surface area contributed by atoms with Gasteiger partial charge < -0.3 is 5.73 Å². The van der Waals surface area contributed by atoms with Gasteiger partial charge in [0.15, 0.2) is 0 Å². The van der Waals surface area contributed by atoms with Gasteiger partial charge in [-0.15, -0.1) is 0 Å². The van der Waals surface area contributed by atoms with Crippen LogP contribution in [0.2, 0.25) is 5.02 Å². The molecule has 18 heavy (non-hydrogen) atoms. The Morgan fingerprint density at radius 1 is 1.44 bits per heavy atom. The van der Waals surface area contributed by atoms with Crippen LogP contribution in [0.3, 0.4) is 0 Å². The Hall–Kier alpha value is -1.32. The van der Waals surface area contributed by atoms with E-state index in [1.165, 1.54) is 0 Å². The highest BCUT2D eigenvalue weighted by molar-refractivity contribution is 6.31. The lowest BCUT2D eigenvalue weighted by molar-refractivity contribution is 0.657. The summed E-state index contributed by atoms with van der Waals surface area (Å²) in [5, 5.41) is 4.99. The molecule has 1 aromatic carbocycles. The quantitative estimate of drug-likeness (QED) is 0.921. The fourth-order valence-corrected chi connectivity index (χ4v) is 2.36. The summed E-state index contributed by atoms with van der Waals surface area (Å²) >= 11 is 6.22. The molecule has 0 amide bonds. The van der Waals surface area contributed by atoms with Gasteiger partial charge in [0, 0.05) is 23.8 Å². The van der Waals surface area contributed by atoms with Gasteiger partial charge in [0.05, 0.1) is 6.20 Å². The highest BCUT2D eigenvalue weighted by atomic mass is 35.5. The van der Waals surface area contributed by atoms with Gasteiger partial charge in [-0.2, -0.15) is 5.10 Å². The molecule has 0 fully saturated rings. The number of hydrogen-bond acceptors (Lipinski definition) is 2. The van der Waals surface area contributed by atoms with Crippen LogP contribution in [0.5, 0.6) is 0 Å². The molecule has 0 bridgehead atoms. The van der Waals surface area contributed by atoms with Crippen LogP contribution in [0, 0.1) is 6.92 Å². The largest absolute Gasteiger partial charge is 0.324 e. The molecule has 0 spiro atoms. The summed E-state index contributed by atoms with van der Waals surface area (Å²) in [7, 11) is 0. The number of nitrogens with zero attached hydrogens (tertiary/aromatic N) is 2. The summed E-state index contributed by atoms with van der Waals surface area (Å²) in [4.78, 5) is 0. The van der Waals surface area contributed by atoms with Gasteiger partial charge in [0.25, 0.3) is 0 Å². The number of halogens is 1. The van der Waals surface area contributed by atoms with Gasteiger partial charge in [-0.3, -0.25) is 4.68 Å². The van der Waals surface area contributed by atoms with E-state index in [2.05, 4.69) is 12.0 Å². The molecule has 2 aromatic rings. The summed E-state index contributed by atoms with van der Waals surface area (Å²) in [5.74, 6) is 0. The topological polar surface area (TPSA) is 43.8 Å². The molecular weight excluding hydrogens is 246 g/mol. The van der Waals surface area contributed by atoms with Crippen LogP contribution in [0.25, 0.3) is 0 Å². The molecule has 0 saturated carbocycles. The van der Waals surface area contributed by atoms with Crippen molar-refractivity contribution in [3.05, 3.63) is 52.3 Å². The number of hydrogen-bond donors (Lipinski definition) is 1. The second kappa shape index (κ2) is 5.55. The maximum absolute atomic E-state index is 6.22. The molecule has 0 aliphatic carbocycles. The highest BCUT2D eigenvalue weighted by Gasteiger charge is 2.12. The summed E-state index contributed by atoms with van der Waals surface area (Å²) < 4.78 is 1.90. The Bertz CT molecular complexity index is 534. The van der Waals surface area contributed by atoms with Crippen LogP contribution in [0.1, 0.15) is 29.7 Å². The summed E-state index contributed by atoms with van der Waals surface area (Å²) in [6.45, 7) is 4.96. The first-order valence-electron chi connectivity index (χ1n) is 6.13. The molecule has 0 aliphatic heterocycles. The van der Waals surface area contributed by atoms with E-state index in [1.807, 2.05) is 42.2 Å². The minimum atomic E-state index is -0.0902. The Kier molecular flexibility index (Phi) is 4.04. The van der Waals surface area contributed by atoms with Crippen LogP contribution in [-0.4, -0.2) is 9.78 Å². The van der Waals surface area contributed by atoms with E-state index in [0.29, 0.717) is 0 Å². The number of nitrogens with two attached hydrogens (primary N) is 1. The van der Waals surface area contributed by atoms with Crippen LogP contribution >= 0.6 is 11.6 Å². The van der Waals surface area contributed by atoms with Crippen LogP contribution in [0.4, 0.5) is 0 Å². The zero-order chi connectivity index (χ0) is 13.1. The zero-order valence-corrected chi connectivity index (χ0v) is 11.5. The van der Waals surface area contributed by atoms with Crippen molar-refractivity contribution in [2.75, 3.05) is 0 Å². The molecule has 2 rings (SSSR count). The van der Waals surface area contributed by atoms with Crippen molar-refractivity contribution in [1.29, 1.82) is 0 Å². The van der Waals surface area contributed by atoms with E-state index >= 15 is 0 Å². The van der Waals surface area contributed by atoms with Gasteiger partial charge in [0.1, 0.15) is 0 Å². The van der Waals surface area contributed by atoms with Crippen LogP contribution < -0.4 is 5.73 Å². The maximum atomic E-state index is 6.22. The first-order valence-corrected chi connectivity index (χ1v) is 6.51. The van der Waals surface area contributed by atoms with Gasteiger partial charge in [-0.05, 0) is 43.0 Å². The molecule has 1 aromatic heterocycles. The van der Waals surface area contributed by atoms with Crippen molar-refractivity contribution in [3.63, 3.8) is 0 Å². The van der Waals surface area contributed by atoms with E-state index < -0.39 is 0 Å². The Balaban J connectivity index is 2.13. The maximum Gasteiger partial charge on any atom is 0.0522 e. The SMILES string of the molecule is CCn1cc(CC(N)c2ccc(C)cc2Cl)cn1. The molecule has 4 heteroatoms. The monoisotopic (exact) mass is 263 g/mol. The predicted molar refractivity (Wildman–Crippen MR) is 74.7 cm³/mol. The van der Waals surface area contributed by atoms with Gasteiger partial charge in [-0.25, -0.2) is 0 Å². The van der Waals surface area contributed by atoms with E-state index in [0.717, 1.165) is 34.7 Å². The molecule has 3 nitrogen and oxygen atoms in total. The Morgan fingerprint density at radius 2 is 2.22 bits per heavy atom. The molecule has 0 aliphatic rings. The minimum absolute atomic E-state index is 0.0902. The Morgan fingerprint density at radius 3 is 2.83 bits per heavy atom. The smallest absolute Gasteiger partial charge is 0.0522 e. The third-order valence-electron chi connectivity index (χ3n) is 3.02. The third kappa shape index (κ3) is 2.92. The number of rotatable bonds is 4. The lowest BCUT2D eigenvalue weighted by atomic mass is 10.0. The number of aromatic nitrogens is 2. The number of aryl methyl sites for hydroxylation is 2. The second-order valence-corrected chi connectivity index (χ2v) is 4.95. The predicted octanol–water partition coefficient (Wildman–Crippen LogP) is 3.11. The van der Waals surface area contributed by atoms with Gasteiger partial charge in [0.2, 0.25) is 0 Å². The van der Waals surface area contributed by atoms with E-state index in [9.17, 15) is 0 Å². The fraction of sp³-hybridized carbons (Fsp3) is 0.357. The molecule has 1 atom stereocenters. The summed E-state index contributed by atoms with van der Waals surface area (Å²) in [5.41, 5.74) is 9.49. The first-order chi connectivity index (χ1) is 8.60. The van der Waals surface area contributed by atoms with Gasteiger partial charge >= 0.3 is 0 Å². The summed E-state index contributed by atoms with van der Waals surface area (Å²) in [6.07, 6.45) is 4.65. The molecule has 0 radical (unpaired) electrons. The van der Waals surface area contributed by atoms with Crippen molar-refractivity contribution < 1.29 is 0 Å². The fourth-order valence-electron chi connectivity index (χ4n) is 1.98. The average Bonchev–Trinajstić information content (AvgIpc) is 2.76. The van der Waals surface area contributed by atoms with Crippen molar-refractivity contribution >= 4 is 11.6 Å². The molecule has 2 N–H and O–H groups in total. The van der Waals surface area contributed by atoms with E-state index in [4.69, 9.17) is 17.3 Å². The Labute approximate surface area is 113 Å². The van der Waals surface area contributed by atoms with Crippen molar-refractivity contribution in [1.82, 2.24) is 9.78 Å². The van der Waals surface area contributed by atoms with Gasteiger partial charge in [-0.1, -0.05) is 23.7 Å².